The first-order valence-electron chi connectivity index (χ1n) is 5.94. The third kappa shape index (κ3) is 2.78. The van der Waals surface area contributed by atoms with Crippen LogP contribution in [-0.4, -0.2) is 5.78 Å². The summed E-state index contributed by atoms with van der Waals surface area (Å²) < 4.78 is 19.4. The molecule has 0 saturated carbocycles. The van der Waals surface area contributed by atoms with Gasteiger partial charge in [-0.3, -0.25) is 4.79 Å². The number of aryl methyl sites for hydroxylation is 2. The molecule has 2 rings (SSSR count). The molecule has 100 valence electrons. The van der Waals surface area contributed by atoms with Crippen LogP contribution in [0, 0.1) is 26.6 Å². The number of rotatable bonds is 3. The first-order chi connectivity index (χ1) is 8.90. The maximum absolute atomic E-state index is 13.2. The lowest BCUT2D eigenvalue weighted by atomic mass is 10.00. The standard InChI is InChI=1S/C15H14BrFO2/c1-8-9(2)19-10(3)15(8)14(18)7-11-6-12(17)4-5-13(11)16/h4-6H,7H2,1-3H3. The average Bonchev–Trinajstić information content (AvgIpc) is 2.58. The molecule has 0 radical (unpaired) electrons. The summed E-state index contributed by atoms with van der Waals surface area (Å²) >= 11 is 3.33. The van der Waals surface area contributed by atoms with Gasteiger partial charge >= 0.3 is 0 Å². The van der Waals surface area contributed by atoms with Crippen molar-refractivity contribution in [3.8, 4) is 0 Å². The summed E-state index contributed by atoms with van der Waals surface area (Å²) in [5, 5.41) is 0. The van der Waals surface area contributed by atoms with Crippen LogP contribution in [0.25, 0.3) is 0 Å². The van der Waals surface area contributed by atoms with E-state index in [1.807, 2.05) is 13.8 Å². The van der Waals surface area contributed by atoms with Gasteiger partial charge in [0.15, 0.2) is 5.78 Å². The number of hydrogen-bond donors (Lipinski definition) is 0. The molecule has 1 aromatic carbocycles. The highest BCUT2D eigenvalue weighted by atomic mass is 79.9. The summed E-state index contributed by atoms with van der Waals surface area (Å²) in [6.07, 6.45) is 0.152. The molecule has 1 aromatic heterocycles. The summed E-state index contributed by atoms with van der Waals surface area (Å²) in [6.45, 7) is 5.46. The Morgan fingerprint density at radius 2 is 1.95 bits per heavy atom. The summed E-state index contributed by atoms with van der Waals surface area (Å²) in [5.41, 5.74) is 2.10. The van der Waals surface area contributed by atoms with Gasteiger partial charge in [0.1, 0.15) is 17.3 Å². The van der Waals surface area contributed by atoms with Crippen LogP contribution in [0.4, 0.5) is 4.39 Å². The van der Waals surface area contributed by atoms with Crippen LogP contribution in [0.15, 0.2) is 27.1 Å². The van der Waals surface area contributed by atoms with E-state index in [2.05, 4.69) is 15.9 Å². The molecule has 0 aliphatic carbocycles. The molecule has 19 heavy (non-hydrogen) atoms. The Kier molecular flexibility index (Phi) is 3.90. The van der Waals surface area contributed by atoms with Gasteiger partial charge in [-0.15, -0.1) is 0 Å². The summed E-state index contributed by atoms with van der Waals surface area (Å²) in [6, 6.07) is 4.34. The van der Waals surface area contributed by atoms with Gasteiger partial charge in [-0.05, 0) is 44.5 Å². The number of carbonyl (C=O) groups excluding carboxylic acids is 1. The van der Waals surface area contributed by atoms with Crippen molar-refractivity contribution in [2.45, 2.75) is 27.2 Å². The number of hydrogen-bond acceptors (Lipinski definition) is 2. The normalized spacial score (nSPS) is 10.8. The van der Waals surface area contributed by atoms with Crippen molar-refractivity contribution in [2.24, 2.45) is 0 Å². The molecule has 0 N–H and O–H groups in total. The van der Waals surface area contributed by atoms with Gasteiger partial charge in [0.05, 0.1) is 5.56 Å². The van der Waals surface area contributed by atoms with E-state index in [-0.39, 0.29) is 18.0 Å². The Morgan fingerprint density at radius 1 is 1.26 bits per heavy atom. The van der Waals surface area contributed by atoms with Crippen LogP contribution >= 0.6 is 15.9 Å². The fourth-order valence-corrected chi connectivity index (χ4v) is 2.53. The van der Waals surface area contributed by atoms with Gasteiger partial charge in [-0.1, -0.05) is 15.9 Å². The zero-order valence-electron chi connectivity index (χ0n) is 11.0. The van der Waals surface area contributed by atoms with Crippen LogP contribution < -0.4 is 0 Å². The smallest absolute Gasteiger partial charge is 0.171 e. The van der Waals surface area contributed by atoms with E-state index < -0.39 is 0 Å². The number of furan rings is 1. The molecule has 0 aliphatic heterocycles. The lowest BCUT2D eigenvalue weighted by Gasteiger charge is -2.04. The summed E-state index contributed by atoms with van der Waals surface area (Å²) in [4.78, 5) is 12.3. The van der Waals surface area contributed by atoms with Gasteiger partial charge in [0.2, 0.25) is 0 Å². The molecule has 0 aliphatic rings. The molecular formula is C15H14BrFO2. The number of halogens is 2. The fraction of sp³-hybridized carbons (Fsp3) is 0.267. The van der Waals surface area contributed by atoms with Crippen LogP contribution in [0.5, 0.6) is 0 Å². The Balaban J connectivity index is 2.33. The lowest BCUT2D eigenvalue weighted by molar-refractivity contribution is 0.0991. The van der Waals surface area contributed by atoms with Gasteiger partial charge < -0.3 is 4.42 Å². The van der Waals surface area contributed by atoms with Crippen LogP contribution in [-0.2, 0) is 6.42 Å². The highest BCUT2D eigenvalue weighted by molar-refractivity contribution is 9.10. The second-order valence-corrected chi connectivity index (χ2v) is 5.40. The number of carbonyl (C=O) groups is 1. The summed E-state index contributed by atoms with van der Waals surface area (Å²) in [5.74, 6) is 0.965. The average molecular weight is 325 g/mol. The Bertz CT molecular complexity index is 644. The maximum Gasteiger partial charge on any atom is 0.171 e. The van der Waals surface area contributed by atoms with Gasteiger partial charge in [-0.25, -0.2) is 4.39 Å². The lowest BCUT2D eigenvalue weighted by Crippen LogP contribution is -2.06. The van der Waals surface area contributed by atoms with Crippen LogP contribution in [0.2, 0.25) is 0 Å². The van der Waals surface area contributed by atoms with Crippen molar-refractivity contribution in [3.63, 3.8) is 0 Å². The number of ketones is 1. The van der Waals surface area contributed by atoms with Crippen molar-refractivity contribution in [1.29, 1.82) is 0 Å². The molecule has 0 unspecified atom stereocenters. The molecule has 0 atom stereocenters. The molecule has 0 bridgehead atoms. The molecule has 2 nitrogen and oxygen atoms in total. The highest BCUT2D eigenvalue weighted by Gasteiger charge is 2.19. The maximum atomic E-state index is 13.2. The van der Waals surface area contributed by atoms with Crippen molar-refractivity contribution < 1.29 is 13.6 Å². The quantitative estimate of drug-likeness (QED) is 0.776. The molecule has 0 fully saturated rings. The molecule has 0 spiro atoms. The molecule has 0 amide bonds. The minimum Gasteiger partial charge on any atom is -0.466 e. The van der Waals surface area contributed by atoms with Crippen molar-refractivity contribution in [3.05, 3.63) is 56.7 Å². The van der Waals surface area contributed by atoms with Gasteiger partial charge in [0.25, 0.3) is 0 Å². The largest absolute Gasteiger partial charge is 0.466 e. The van der Waals surface area contributed by atoms with Gasteiger partial charge in [0, 0.05) is 16.5 Å². The third-order valence-corrected chi connectivity index (χ3v) is 3.97. The number of Topliss-reactive ketones (excluding diaryl/α,β-unsaturated/α-hetero) is 1. The molecule has 2 aromatic rings. The molecule has 4 heteroatoms. The number of benzene rings is 1. The van der Waals surface area contributed by atoms with E-state index in [4.69, 9.17) is 4.42 Å². The Labute approximate surface area is 119 Å². The van der Waals surface area contributed by atoms with E-state index in [1.165, 1.54) is 12.1 Å². The van der Waals surface area contributed by atoms with Crippen molar-refractivity contribution >= 4 is 21.7 Å². The first-order valence-corrected chi connectivity index (χ1v) is 6.73. The van der Waals surface area contributed by atoms with E-state index in [0.717, 1.165) is 15.8 Å². The van der Waals surface area contributed by atoms with E-state index in [1.54, 1.807) is 13.0 Å². The van der Waals surface area contributed by atoms with E-state index in [0.29, 0.717) is 16.9 Å². The second kappa shape index (κ2) is 5.29. The monoisotopic (exact) mass is 324 g/mol. The van der Waals surface area contributed by atoms with Crippen LogP contribution in [0.1, 0.15) is 33.0 Å². The predicted octanol–water partition coefficient (Wildman–Crippen LogP) is 4.53. The predicted molar refractivity (Wildman–Crippen MR) is 75.1 cm³/mol. The van der Waals surface area contributed by atoms with E-state index >= 15 is 0 Å². The van der Waals surface area contributed by atoms with Crippen molar-refractivity contribution in [2.75, 3.05) is 0 Å². The fourth-order valence-electron chi connectivity index (χ4n) is 2.14. The Morgan fingerprint density at radius 3 is 2.53 bits per heavy atom. The first kappa shape index (κ1) is 14.0. The van der Waals surface area contributed by atoms with Crippen molar-refractivity contribution in [1.82, 2.24) is 0 Å². The third-order valence-electron chi connectivity index (χ3n) is 3.20. The highest BCUT2D eigenvalue weighted by Crippen LogP contribution is 2.25. The molecular weight excluding hydrogens is 311 g/mol. The summed E-state index contributed by atoms with van der Waals surface area (Å²) in [7, 11) is 0. The second-order valence-electron chi connectivity index (χ2n) is 4.55. The topological polar surface area (TPSA) is 30.2 Å². The van der Waals surface area contributed by atoms with E-state index in [9.17, 15) is 9.18 Å². The Hall–Kier alpha value is -1.42. The van der Waals surface area contributed by atoms with Crippen LogP contribution in [0.3, 0.4) is 0 Å². The molecule has 0 saturated heterocycles. The zero-order valence-corrected chi connectivity index (χ0v) is 12.6. The zero-order chi connectivity index (χ0) is 14.2. The minimum atomic E-state index is -0.345. The SMILES string of the molecule is Cc1oc(C)c(C(=O)Cc2cc(F)ccc2Br)c1C. The molecule has 1 heterocycles. The van der Waals surface area contributed by atoms with Gasteiger partial charge in [-0.2, -0.15) is 0 Å². The minimum absolute atomic E-state index is 0.0573.